The first-order valence-corrected chi connectivity index (χ1v) is 10.5. The van der Waals surface area contributed by atoms with E-state index in [9.17, 15) is 4.79 Å². The zero-order valence-electron chi connectivity index (χ0n) is 17.9. The molecule has 1 amide bonds. The Morgan fingerprint density at radius 2 is 1.97 bits per heavy atom. The van der Waals surface area contributed by atoms with Crippen LogP contribution in [0.15, 0.2) is 65.3 Å². The molecule has 1 aliphatic heterocycles. The molecule has 0 aliphatic carbocycles. The van der Waals surface area contributed by atoms with Crippen molar-refractivity contribution in [1.29, 1.82) is 0 Å². The maximum Gasteiger partial charge on any atom is 0.280 e. The van der Waals surface area contributed by atoms with Crippen LogP contribution in [0.5, 0.6) is 0 Å². The summed E-state index contributed by atoms with van der Waals surface area (Å²) < 4.78 is 7.17. The van der Waals surface area contributed by atoms with Gasteiger partial charge in [-0.05, 0) is 24.6 Å². The van der Waals surface area contributed by atoms with Gasteiger partial charge in [-0.15, -0.1) is 5.10 Å². The van der Waals surface area contributed by atoms with E-state index in [0.29, 0.717) is 36.1 Å². The lowest BCUT2D eigenvalue weighted by Crippen LogP contribution is -2.29. The summed E-state index contributed by atoms with van der Waals surface area (Å²) in [4.78, 5) is 21.3. The molecule has 3 heterocycles. The van der Waals surface area contributed by atoms with Gasteiger partial charge in [0, 0.05) is 44.0 Å². The molecule has 4 aromatic rings. The zero-order chi connectivity index (χ0) is 22.1. The smallest absolute Gasteiger partial charge is 0.280 e. The molecule has 0 saturated carbocycles. The Kier molecular flexibility index (Phi) is 5.14. The second-order valence-corrected chi connectivity index (χ2v) is 8.01. The van der Waals surface area contributed by atoms with Crippen LogP contribution in [0, 0.1) is 0 Å². The van der Waals surface area contributed by atoms with Crippen LogP contribution in [0.2, 0.25) is 0 Å². The minimum absolute atomic E-state index is 0.0287. The highest BCUT2D eigenvalue weighted by atomic mass is 16.5. The van der Waals surface area contributed by atoms with Gasteiger partial charge < -0.3 is 14.3 Å². The standard InChI is InChI=1S/C23H23N7O2/c1-28(2)18-10-6-9-17(13-18)23(31)29-12-11-19(14-29)30-15-20(25-27-30)22-24-21(26-32-22)16-7-4-3-5-8-16/h3-10,13,15,19H,11-12,14H2,1-2H3. The van der Waals surface area contributed by atoms with Gasteiger partial charge >= 0.3 is 0 Å². The Hall–Kier alpha value is -4.01. The number of benzene rings is 2. The number of amides is 1. The second kappa shape index (κ2) is 8.26. The summed E-state index contributed by atoms with van der Waals surface area (Å²) in [7, 11) is 3.92. The van der Waals surface area contributed by atoms with Crippen LogP contribution < -0.4 is 4.90 Å². The molecule has 32 heavy (non-hydrogen) atoms. The molecule has 162 valence electrons. The summed E-state index contributed by atoms with van der Waals surface area (Å²) >= 11 is 0. The van der Waals surface area contributed by atoms with E-state index in [-0.39, 0.29) is 11.9 Å². The Morgan fingerprint density at radius 3 is 2.78 bits per heavy atom. The van der Waals surface area contributed by atoms with E-state index in [0.717, 1.165) is 17.7 Å². The number of aromatic nitrogens is 5. The number of rotatable bonds is 5. The van der Waals surface area contributed by atoms with Gasteiger partial charge in [-0.25, -0.2) is 4.68 Å². The van der Waals surface area contributed by atoms with Crippen LogP contribution in [-0.4, -0.2) is 63.1 Å². The number of anilines is 1. The fourth-order valence-corrected chi connectivity index (χ4v) is 3.83. The third-order valence-electron chi connectivity index (χ3n) is 5.62. The van der Waals surface area contributed by atoms with E-state index in [2.05, 4.69) is 20.5 Å². The average Bonchev–Trinajstić information content (AvgIpc) is 3.59. The van der Waals surface area contributed by atoms with Gasteiger partial charge in [0.1, 0.15) is 0 Å². The molecule has 0 radical (unpaired) electrons. The number of hydrogen-bond donors (Lipinski definition) is 0. The highest BCUT2D eigenvalue weighted by molar-refractivity contribution is 5.95. The number of carbonyl (C=O) groups is 1. The molecule has 1 atom stereocenters. The van der Waals surface area contributed by atoms with Crippen molar-refractivity contribution in [1.82, 2.24) is 30.0 Å². The molecule has 2 aromatic heterocycles. The Balaban J connectivity index is 1.28. The van der Waals surface area contributed by atoms with Gasteiger partial charge in [-0.1, -0.05) is 46.8 Å². The maximum absolute atomic E-state index is 13.0. The van der Waals surface area contributed by atoms with Crippen molar-refractivity contribution in [3.63, 3.8) is 0 Å². The number of nitrogens with zero attached hydrogens (tertiary/aromatic N) is 7. The SMILES string of the molecule is CN(C)c1cccc(C(=O)N2CCC(n3cc(-c4nc(-c5ccccc5)no4)nn3)C2)c1. The lowest BCUT2D eigenvalue weighted by molar-refractivity contribution is 0.0787. The summed E-state index contributed by atoms with van der Waals surface area (Å²) in [6.07, 6.45) is 2.61. The average molecular weight is 429 g/mol. The summed E-state index contributed by atoms with van der Waals surface area (Å²) in [6.45, 7) is 1.25. The van der Waals surface area contributed by atoms with Crippen molar-refractivity contribution in [2.24, 2.45) is 0 Å². The van der Waals surface area contributed by atoms with Gasteiger partial charge in [-0.2, -0.15) is 4.98 Å². The Bertz CT molecular complexity index is 1230. The van der Waals surface area contributed by atoms with Crippen LogP contribution in [0.25, 0.3) is 23.0 Å². The maximum atomic E-state index is 13.0. The largest absolute Gasteiger partial charge is 0.378 e. The lowest BCUT2D eigenvalue weighted by atomic mass is 10.1. The van der Waals surface area contributed by atoms with E-state index < -0.39 is 0 Å². The van der Waals surface area contributed by atoms with Crippen molar-refractivity contribution in [2.45, 2.75) is 12.5 Å². The van der Waals surface area contributed by atoms with E-state index in [1.54, 1.807) is 10.9 Å². The van der Waals surface area contributed by atoms with Crippen molar-refractivity contribution in [3.8, 4) is 23.0 Å². The van der Waals surface area contributed by atoms with Gasteiger partial charge in [-0.3, -0.25) is 4.79 Å². The zero-order valence-corrected chi connectivity index (χ0v) is 17.9. The van der Waals surface area contributed by atoms with Crippen molar-refractivity contribution < 1.29 is 9.32 Å². The highest BCUT2D eigenvalue weighted by Gasteiger charge is 2.29. The normalized spacial score (nSPS) is 15.8. The molecule has 1 saturated heterocycles. The molecule has 1 aliphatic rings. The number of likely N-dealkylation sites (tertiary alicyclic amines) is 1. The van der Waals surface area contributed by atoms with Crippen molar-refractivity contribution >= 4 is 11.6 Å². The quantitative estimate of drug-likeness (QED) is 0.481. The highest BCUT2D eigenvalue weighted by Crippen LogP contribution is 2.26. The first kappa shape index (κ1) is 19.9. The summed E-state index contributed by atoms with van der Waals surface area (Å²) in [5.74, 6) is 0.857. The molecule has 9 nitrogen and oxygen atoms in total. The van der Waals surface area contributed by atoms with Gasteiger partial charge in [0.2, 0.25) is 5.82 Å². The summed E-state index contributed by atoms with van der Waals surface area (Å²) in [6, 6.07) is 17.3. The van der Waals surface area contributed by atoms with E-state index in [1.807, 2.05) is 78.5 Å². The monoisotopic (exact) mass is 429 g/mol. The summed E-state index contributed by atoms with van der Waals surface area (Å²) in [5, 5.41) is 12.5. The predicted octanol–water partition coefficient (Wildman–Crippen LogP) is 3.15. The molecule has 0 spiro atoms. The predicted molar refractivity (Wildman–Crippen MR) is 119 cm³/mol. The first-order chi connectivity index (χ1) is 15.6. The first-order valence-electron chi connectivity index (χ1n) is 10.5. The van der Waals surface area contributed by atoms with E-state index >= 15 is 0 Å². The van der Waals surface area contributed by atoms with Crippen LogP contribution in [-0.2, 0) is 0 Å². The molecular weight excluding hydrogens is 406 g/mol. The molecule has 9 heteroatoms. The fraction of sp³-hybridized carbons (Fsp3) is 0.261. The number of hydrogen-bond acceptors (Lipinski definition) is 7. The van der Waals surface area contributed by atoms with Crippen LogP contribution >= 0.6 is 0 Å². The van der Waals surface area contributed by atoms with Crippen LogP contribution in [0.4, 0.5) is 5.69 Å². The third-order valence-corrected chi connectivity index (χ3v) is 5.62. The Morgan fingerprint density at radius 1 is 1.12 bits per heavy atom. The minimum Gasteiger partial charge on any atom is -0.378 e. The van der Waals surface area contributed by atoms with Crippen LogP contribution in [0.1, 0.15) is 22.8 Å². The van der Waals surface area contributed by atoms with E-state index in [1.165, 1.54) is 0 Å². The van der Waals surface area contributed by atoms with Crippen molar-refractivity contribution in [3.05, 3.63) is 66.4 Å². The van der Waals surface area contributed by atoms with Crippen molar-refractivity contribution in [2.75, 3.05) is 32.1 Å². The lowest BCUT2D eigenvalue weighted by Gasteiger charge is -2.18. The molecular formula is C23H23N7O2. The molecule has 2 aromatic carbocycles. The minimum atomic E-state index is 0.0287. The van der Waals surface area contributed by atoms with Gasteiger partial charge in [0.25, 0.3) is 11.8 Å². The Labute approximate surface area is 185 Å². The van der Waals surface area contributed by atoms with Gasteiger partial charge in [0.15, 0.2) is 5.69 Å². The molecule has 0 bridgehead atoms. The topological polar surface area (TPSA) is 93.2 Å². The third kappa shape index (κ3) is 3.84. The molecule has 0 N–H and O–H groups in total. The molecule has 1 fully saturated rings. The molecule has 5 rings (SSSR count). The second-order valence-electron chi connectivity index (χ2n) is 8.01. The molecule has 1 unspecified atom stereocenters. The fourth-order valence-electron chi connectivity index (χ4n) is 3.83. The number of carbonyl (C=O) groups excluding carboxylic acids is 1. The van der Waals surface area contributed by atoms with Gasteiger partial charge in [0.05, 0.1) is 12.2 Å². The van der Waals surface area contributed by atoms with Crippen LogP contribution in [0.3, 0.4) is 0 Å². The van der Waals surface area contributed by atoms with E-state index in [4.69, 9.17) is 4.52 Å². The summed E-state index contributed by atoms with van der Waals surface area (Å²) in [5.41, 5.74) is 3.08.